The predicted molar refractivity (Wildman–Crippen MR) is 110 cm³/mol. The molecule has 0 heterocycles. The molecule has 0 aliphatic carbocycles. The fourth-order valence-electron chi connectivity index (χ4n) is 2.28. The molecular formula is C20H23ClN2O2S. The van der Waals surface area contributed by atoms with Gasteiger partial charge in [-0.05, 0) is 54.5 Å². The van der Waals surface area contributed by atoms with Gasteiger partial charge in [0.1, 0.15) is 5.75 Å². The van der Waals surface area contributed by atoms with Crippen LogP contribution in [0.15, 0.2) is 48.5 Å². The van der Waals surface area contributed by atoms with Gasteiger partial charge in [-0.1, -0.05) is 49.6 Å². The molecule has 2 N–H and O–H groups in total. The van der Waals surface area contributed by atoms with Crippen LogP contribution in [0.2, 0.25) is 5.02 Å². The number of ether oxygens (including phenoxy) is 1. The lowest BCUT2D eigenvalue weighted by molar-refractivity contribution is 0.0976. The molecule has 2 rings (SSSR count). The molecule has 0 unspecified atom stereocenters. The van der Waals surface area contributed by atoms with E-state index >= 15 is 0 Å². The molecule has 2 aromatic rings. The Morgan fingerprint density at radius 1 is 1.12 bits per heavy atom. The van der Waals surface area contributed by atoms with Crippen molar-refractivity contribution in [1.29, 1.82) is 0 Å². The molecule has 2 aromatic carbocycles. The smallest absolute Gasteiger partial charge is 0.257 e. The Bertz CT molecular complexity index is 735. The van der Waals surface area contributed by atoms with E-state index in [0.29, 0.717) is 23.7 Å². The van der Waals surface area contributed by atoms with Crippen LogP contribution in [0.5, 0.6) is 5.75 Å². The topological polar surface area (TPSA) is 50.4 Å². The first-order valence-electron chi connectivity index (χ1n) is 8.65. The molecule has 0 atom stereocenters. The first-order valence-corrected chi connectivity index (χ1v) is 9.44. The number of carbonyl (C=O) groups is 1. The van der Waals surface area contributed by atoms with Gasteiger partial charge in [-0.25, -0.2) is 0 Å². The van der Waals surface area contributed by atoms with Crippen molar-refractivity contribution in [3.8, 4) is 5.75 Å². The summed E-state index contributed by atoms with van der Waals surface area (Å²) in [7, 11) is 0. The molecule has 26 heavy (non-hydrogen) atoms. The van der Waals surface area contributed by atoms with Crippen molar-refractivity contribution in [1.82, 2.24) is 10.6 Å². The highest BCUT2D eigenvalue weighted by atomic mass is 35.5. The number of carbonyl (C=O) groups excluding carboxylic acids is 1. The van der Waals surface area contributed by atoms with Crippen molar-refractivity contribution in [2.45, 2.75) is 32.7 Å². The third kappa shape index (κ3) is 6.65. The van der Waals surface area contributed by atoms with E-state index in [-0.39, 0.29) is 11.0 Å². The van der Waals surface area contributed by atoms with E-state index in [4.69, 9.17) is 28.6 Å². The summed E-state index contributed by atoms with van der Waals surface area (Å²) >= 11 is 11.3. The number of thiocarbonyl (C=S) groups is 1. The van der Waals surface area contributed by atoms with E-state index in [0.717, 1.165) is 30.6 Å². The predicted octanol–water partition coefficient (Wildman–Crippen LogP) is 4.71. The molecular weight excluding hydrogens is 368 g/mol. The van der Waals surface area contributed by atoms with Crippen LogP contribution in [0, 0.1) is 0 Å². The average Bonchev–Trinajstić information content (AvgIpc) is 2.65. The zero-order chi connectivity index (χ0) is 18.8. The van der Waals surface area contributed by atoms with Crippen LogP contribution in [0.4, 0.5) is 0 Å². The maximum atomic E-state index is 12.2. The minimum absolute atomic E-state index is 0.259. The highest BCUT2D eigenvalue weighted by Gasteiger charge is 2.08. The molecule has 0 saturated carbocycles. The van der Waals surface area contributed by atoms with Crippen molar-refractivity contribution in [3.63, 3.8) is 0 Å². The Morgan fingerprint density at radius 3 is 2.54 bits per heavy atom. The fourth-order valence-corrected chi connectivity index (χ4v) is 2.65. The van der Waals surface area contributed by atoms with Crippen molar-refractivity contribution >= 4 is 34.8 Å². The summed E-state index contributed by atoms with van der Waals surface area (Å²) in [5, 5.41) is 6.56. The van der Waals surface area contributed by atoms with Crippen molar-refractivity contribution in [3.05, 3.63) is 64.7 Å². The number of rotatable bonds is 8. The molecule has 0 radical (unpaired) electrons. The number of benzene rings is 2. The van der Waals surface area contributed by atoms with Crippen LogP contribution in [0.25, 0.3) is 0 Å². The number of hydrogen-bond acceptors (Lipinski definition) is 3. The molecule has 0 aliphatic heterocycles. The van der Waals surface area contributed by atoms with Crippen LogP contribution in [0.1, 0.15) is 42.1 Å². The Labute approximate surface area is 164 Å². The lowest BCUT2D eigenvalue weighted by atomic mass is 10.2. The van der Waals surface area contributed by atoms with E-state index in [9.17, 15) is 4.79 Å². The first kappa shape index (κ1) is 20.2. The normalized spacial score (nSPS) is 10.2. The Morgan fingerprint density at radius 2 is 1.85 bits per heavy atom. The zero-order valence-electron chi connectivity index (χ0n) is 14.8. The Balaban J connectivity index is 1.79. The molecule has 0 saturated heterocycles. The molecule has 0 aromatic heterocycles. The van der Waals surface area contributed by atoms with E-state index in [1.807, 2.05) is 24.3 Å². The second-order valence-corrected chi connectivity index (χ2v) is 6.62. The standard InChI is InChI=1S/C20H23ClN2O2S/c1-2-3-6-13-25-17-11-9-15(10-12-17)19(24)23-20(26)22-14-16-7-4-5-8-18(16)21/h4-5,7-12H,2-3,6,13-14H2,1H3,(H2,22,23,24,26). The summed E-state index contributed by atoms with van der Waals surface area (Å²) in [6, 6.07) is 14.5. The second-order valence-electron chi connectivity index (χ2n) is 5.81. The largest absolute Gasteiger partial charge is 0.494 e. The molecule has 0 spiro atoms. The summed E-state index contributed by atoms with van der Waals surface area (Å²) in [6.45, 7) is 3.29. The molecule has 138 valence electrons. The third-order valence-corrected chi connectivity index (χ3v) is 4.37. The zero-order valence-corrected chi connectivity index (χ0v) is 16.3. The summed E-state index contributed by atoms with van der Waals surface area (Å²) in [5.74, 6) is 0.497. The van der Waals surface area contributed by atoms with Crippen LogP contribution < -0.4 is 15.4 Å². The van der Waals surface area contributed by atoms with Crippen LogP contribution in [0.3, 0.4) is 0 Å². The Hall–Kier alpha value is -2.11. The highest BCUT2D eigenvalue weighted by Crippen LogP contribution is 2.14. The molecule has 1 amide bonds. The van der Waals surface area contributed by atoms with E-state index in [1.54, 1.807) is 24.3 Å². The van der Waals surface area contributed by atoms with Crippen molar-refractivity contribution in [2.75, 3.05) is 6.61 Å². The van der Waals surface area contributed by atoms with Gasteiger partial charge in [0.2, 0.25) is 0 Å². The lowest BCUT2D eigenvalue weighted by Crippen LogP contribution is -2.38. The van der Waals surface area contributed by atoms with E-state index in [2.05, 4.69) is 17.6 Å². The molecule has 0 aliphatic rings. The van der Waals surface area contributed by atoms with Gasteiger partial charge in [-0.15, -0.1) is 0 Å². The summed E-state index contributed by atoms with van der Waals surface area (Å²) in [4.78, 5) is 12.2. The van der Waals surface area contributed by atoms with E-state index in [1.165, 1.54) is 0 Å². The van der Waals surface area contributed by atoms with Gasteiger partial charge in [0.05, 0.1) is 6.61 Å². The first-order chi connectivity index (χ1) is 12.6. The quantitative estimate of drug-likeness (QED) is 0.506. The maximum Gasteiger partial charge on any atom is 0.257 e. The number of unbranched alkanes of at least 4 members (excludes halogenated alkanes) is 2. The number of hydrogen-bond donors (Lipinski definition) is 2. The molecule has 0 fully saturated rings. The number of halogens is 1. The summed E-state index contributed by atoms with van der Waals surface area (Å²) in [5.41, 5.74) is 1.43. The van der Waals surface area contributed by atoms with Gasteiger partial charge < -0.3 is 10.1 Å². The van der Waals surface area contributed by atoms with Crippen molar-refractivity contribution < 1.29 is 9.53 Å². The average molecular weight is 391 g/mol. The molecule has 4 nitrogen and oxygen atoms in total. The summed E-state index contributed by atoms with van der Waals surface area (Å²) < 4.78 is 5.64. The second kappa shape index (κ2) is 10.8. The van der Waals surface area contributed by atoms with Crippen LogP contribution in [-0.4, -0.2) is 17.6 Å². The van der Waals surface area contributed by atoms with Gasteiger partial charge in [0.15, 0.2) is 5.11 Å². The van der Waals surface area contributed by atoms with Gasteiger partial charge in [0.25, 0.3) is 5.91 Å². The molecule has 6 heteroatoms. The molecule has 0 bridgehead atoms. The minimum Gasteiger partial charge on any atom is -0.494 e. The monoisotopic (exact) mass is 390 g/mol. The lowest BCUT2D eigenvalue weighted by Gasteiger charge is -2.11. The van der Waals surface area contributed by atoms with Gasteiger partial charge in [-0.2, -0.15) is 0 Å². The minimum atomic E-state index is -0.265. The maximum absolute atomic E-state index is 12.2. The highest BCUT2D eigenvalue weighted by molar-refractivity contribution is 7.80. The Kier molecular flexibility index (Phi) is 8.38. The van der Waals surface area contributed by atoms with Crippen LogP contribution >= 0.6 is 23.8 Å². The fraction of sp³-hybridized carbons (Fsp3) is 0.300. The number of nitrogens with one attached hydrogen (secondary N) is 2. The number of amides is 1. The SMILES string of the molecule is CCCCCOc1ccc(C(=O)NC(=S)NCc2ccccc2Cl)cc1. The van der Waals surface area contributed by atoms with Gasteiger partial charge in [-0.3, -0.25) is 10.1 Å². The van der Waals surface area contributed by atoms with E-state index < -0.39 is 0 Å². The van der Waals surface area contributed by atoms with Gasteiger partial charge in [0, 0.05) is 17.1 Å². The third-order valence-electron chi connectivity index (χ3n) is 3.76. The van der Waals surface area contributed by atoms with Gasteiger partial charge >= 0.3 is 0 Å². The summed E-state index contributed by atoms with van der Waals surface area (Å²) in [6.07, 6.45) is 3.34. The van der Waals surface area contributed by atoms with Crippen LogP contribution in [-0.2, 0) is 6.54 Å². The van der Waals surface area contributed by atoms with Crippen molar-refractivity contribution in [2.24, 2.45) is 0 Å².